The maximum atomic E-state index is 11.9. The van der Waals surface area contributed by atoms with E-state index in [1.54, 1.807) is 13.4 Å². The summed E-state index contributed by atoms with van der Waals surface area (Å²) in [4.78, 5) is 19.1. The zero-order chi connectivity index (χ0) is 16.1. The van der Waals surface area contributed by atoms with Gasteiger partial charge in [0.2, 0.25) is 0 Å². The fourth-order valence-electron chi connectivity index (χ4n) is 2.30. The smallest absolute Gasteiger partial charge is 0.319 e. The average Bonchev–Trinajstić information content (AvgIpc) is 3.03. The molecule has 0 unspecified atom stereocenters. The quantitative estimate of drug-likeness (QED) is 0.678. The molecule has 1 heterocycles. The topological polar surface area (TPSA) is 79.0 Å². The minimum Gasteiger partial charge on any atom is -0.497 e. The van der Waals surface area contributed by atoms with Gasteiger partial charge in [0, 0.05) is 12.2 Å². The number of nitrogens with zero attached hydrogens (tertiary/aromatic N) is 1. The lowest BCUT2D eigenvalue weighted by Crippen LogP contribution is -2.30. The van der Waals surface area contributed by atoms with Gasteiger partial charge in [0.15, 0.2) is 0 Å². The molecule has 23 heavy (non-hydrogen) atoms. The molecule has 3 rings (SSSR count). The monoisotopic (exact) mass is 310 g/mol. The Bertz CT molecular complexity index is 796. The van der Waals surface area contributed by atoms with Gasteiger partial charge in [-0.3, -0.25) is 0 Å². The normalized spacial score (nSPS) is 10.5. The van der Waals surface area contributed by atoms with Gasteiger partial charge in [-0.25, -0.2) is 9.78 Å². The summed E-state index contributed by atoms with van der Waals surface area (Å²) in [5.74, 6) is 0.827. The summed E-state index contributed by atoms with van der Waals surface area (Å²) in [5, 5.41) is 5.65. The van der Waals surface area contributed by atoms with Crippen LogP contribution in [0.4, 0.5) is 10.5 Å². The molecule has 2 aromatic carbocycles. The second-order valence-electron chi connectivity index (χ2n) is 5.11. The lowest BCUT2D eigenvalue weighted by Gasteiger charge is -2.08. The summed E-state index contributed by atoms with van der Waals surface area (Å²) >= 11 is 0. The lowest BCUT2D eigenvalue weighted by atomic mass is 10.1. The molecule has 3 aromatic rings. The Kier molecular flexibility index (Phi) is 4.42. The Hall–Kier alpha value is -3.02. The van der Waals surface area contributed by atoms with Crippen LogP contribution in [0.25, 0.3) is 11.0 Å². The van der Waals surface area contributed by atoms with Crippen LogP contribution in [-0.4, -0.2) is 29.7 Å². The summed E-state index contributed by atoms with van der Waals surface area (Å²) in [6.07, 6.45) is 2.39. The molecule has 0 spiro atoms. The molecule has 0 aliphatic rings. The first-order valence-electron chi connectivity index (χ1n) is 7.35. The molecule has 0 aliphatic heterocycles. The van der Waals surface area contributed by atoms with Crippen molar-refractivity contribution < 1.29 is 9.53 Å². The molecule has 0 saturated heterocycles. The van der Waals surface area contributed by atoms with E-state index in [0.717, 1.165) is 34.5 Å². The highest BCUT2D eigenvalue weighted by molar-refractivity contribution is 5.91. The number of hydrogen-bond acceptors (Lipinski definition) is 3. The van der Waals surface area contributed by atoms with Crippen LogP contribution in [0.5, 0.6) is 5.75 Å². The van der Waals surface area contributed by atoms with Gasteiger partial charge in [-0.1, -0.05) is 12.1 Å². The third-order valence-corrected chi connectivity index (χ3v) is 3.54. The zero-order valence-electron chi connectivity index (χ0n) is 12.8. The zero-order valence-corrected chi connectivity index (χ0v) is 12.8. The van der Waals surface area contributed by atoms with Crippen molar-refractivity contribution in [2.75, 3.05) is 19.0 Å². The van der Waals surface area contributed by atoms with Crippen molar-refractivity contribution in [3.05, 3.63) is 54.4 Å². The highest BCUT2D eigenvalue weighted by Gasteiger charge is 2.03. The first kappa shape index (κ1) is 14.9. The number of rotatable bonds is 5. The largest absolute Gasteiger partial charge is 0.497 e. The van der Waals surface area contributed by atoms with Gasteiger partial charge in [-0.2, -0.15) is 0 Å². The van der Waals surface area contributed by atoms with E-state index in [-0.39, 0.29) is 6.03 Å². The number of aromatic amines is 1. The van der Waals surface area contributed by atoms with Crippen molar-refractivity contribution in [2.45, 2.75) is 6.42 Å². The van der Waals surface area contributed by atoms with E-state index in [1.165, 1.54) is 0 Å². The molecule has 0 atom stereocenters. The number of urea groups is 1. The molecule has 6 nitrogen and oxygen atoms in total. The van der Waals surface area contributed by atoms with E-state index < -0.39 is 0 Å². The van der Waals surface area contributed by atoms with Crippen LogP contribution in [0, 0.1) is 0 Å². The number of carbonyl (C=O) groups excluding carboxylic acids is 1. The molecule has 0 fully saturated rings. The number of imidazole rings is 1. The molecule has 3 N–H and O–H groups in total. The van der Waals surface area contributed by atoms with Crippen molar-refractivity contribution in [3.63, 3.8) is 0 Å². The van der Waals surface area contributed by atoms with E-state index in [2.05, 4.69) is 20.6 Å². The lowest BCUT2D eigenvalue weighted by molar-refractivity contribution is 0.252. The van der Waals surface area contributed by atoms with Crippen molar-refractivity contribution >= 4 is 22.8 Å². The average molecular weight is 310 g/mol. The van der Waals surface area contributed by atoms with Crippen molar-refractivity contribution in [1.29, 1.82) is 0 Å². The van der Waals surface area contributed by atoms with Crippen LogP contribution in [0.15, 0.2) is 48.8 Å². The predicted octanol–water partition coefficient (Wildman–Crippen LogP) is 2.94. The van der Waals surface area contributed by atoms with Crippen LogP contribution in [0.3, 0.4) is 0 Å². The van der Waals surface area contributed by atoms with Crippen LogP contribution in [0.1, 0.15) is 5.56 Å². The second kappa shape index (κ2) is 6.83. The number of benzene rings is 2. The number of fused-ring (bicyclic) bond motifs is 1. The van der Waals surface area contributed by atoms with Crippen molar-refractivity contribution in [3.8, 4) is 5.75 Å². The molecule has 0 aliphatic carbocycles. The van der Waals surface area contributed by atoms with Crippen LogP contribution in [0.2, 0.25) is 0 Å². The number of methoxy groups -OCH3 is 1. The number of nitrogens with one attached hydrogen (secondary N) is 3. The second-order valence-corrected chi connectivity index (χ2v) is 5.11. The van der Waals surface area contributed by atoms with E-state index >= 15 is 0 Å². The van der Waals surface area contributed by atoms with E-state index in [0.29, 0.717) is 6.54 Å². The molecule has 6 heteroatoms. The van der Waals surface area contributed by atoms with Crippen LogP contribution < -0.4 is 15.4 Å². The summed E-state index contributed by atoms with van der Waals surface area (Å²) in [5.41, 5.74) is 3.63. The molecule has 0 saturated carbocycles. The van der Waals surface area contributed by atoms with Crippen molar-refractivity contribution in [1.82, 2.24) is 15.3 Å². The molecule has 0 bridgehead atoms. The van der Waals surface area contributed by atoms with E-state index in [9.17, 15) is 4.79 Å². The van der Waals surface area contributed by atoms with Crippen LogP contribution in [-0.2, 0) is 6.42 Å². The minimum absolute atomic E-state index is 0.225. The van der Waals surface area contributed by atoms with Gasteiger partial charge < -0.3 is 20.4 Å². The number of ether oxygens (including phenoxy) is 1. The molecule has 0 radical (unpaired) electrons. The van der Waals surface area contributed by atoms with Gasteiger partial charge in [0.1, 0.15) is 5.75 Å². The van der Waals surface area contributed by atoms with Crippen LogP contribution >= 0.6 is 0 Å². The predicted molar refractivity (Wildman–Crippen MR) is 89.8 cm³/mol. The molecule has 1 aromatic heterocycles. The number of H-pyrrole nitrogens is 1. The number of anilines is 1. The Balaban J connectivity index is 1.48. The summed E-state index contributed by atoms with van der Waals surface area (Å²) in [7, 11) is 1.64. The fraction of sp³-hybridized carbons (Fsp3) is 0.176. The third kappa shape index (κ3) is 3.79. The maximum Gasteiger partial charge on any atom is 0.319 e. The van der Waals surface area contributed by atoms with Gasteiger partial charge in [0.05, 0.1) is 24.5 Å². The number of carbonyl (C=O) groups is 1. The van der Waals surface area contributed by atoms with Gasteiger partial charge >= 0.3 is 6.03 Å². The first-order chi connectivity index (χ1) is 11.2. The highest BCUT2D eigenvalue weighted by atomic mass is 16.5. The maximum absolute atomic E-state index is 11.9. The minimum atomic E-state index is -0.225. The number of aromatic nitrogens is 2. The standard InChI is InChI=1S/C17H18N4O2/c1-23-14-5-2-12(3-6-14)8-9-18-17(22)21-13-4-7-15-16(10-13)20-11-19-15/h2-7,10-11H,8-9H2,1H3,(H,19,20)(H2,18,21,22). The SMILES string of the molecule is COc1ccc(CCNC(=O)Nc2ccc3nc[nH]c3c2)cc1. The van der Waals surface area contributed by atoms with E-state index in [4.69, 9.17) is 4.74 Å². The Morgan fingerprint density at radius 1 is 1.22 bits per heavy atom. The Morgan fingerprint density at radius 2 is 2.04 bits per heavy atom. The van der Waals surface area contributed by atoms with Gasteiger partial charge in [0.25, 0.3) is 0 Å². The fourth-order valence-corrected chi connectivity index (χ4v) is 2.30. The first-order valence-corrected chi connectivity index (χ1v) is 7.35. The van der Waals surface area contributed by atoms with Crippen molar-refractivity contribution in [2.24, 2.45) is 0 Å². The molecule has 118 valence electrons. The Labute approximate surface area is 133 Å². The Morgan fingerprint density at radius 3 is 2.83 bits per heavy atom. The van der Waals surface area contributed by atoms with Gasteiger partial charge in [-0.05, 0) is 42.3 Å². The van der Waals surface area contributed by atoms with Gasteiger partial charge in [-0.15, -0.1) is 0 Å². The molecule has 2 amide bonds. The molecular formula is C17H18N4O2. The third-order valence-electron chi connectivity index (χ3n) is 3.54. The summed E-state index contributed by atoms with van der Waals surface area (Å²) < 4.78 is 5.12. The van der Waals surface area contributed by atoms with E-state index in [1.807, 2.05) is 42.5 Å². The highest BCUT2D eigenvalue weighted by Crippen LogP contribution is 2.15. The number of hydrogen-bond donors (Lipinski definition) is 3. The summed E-state index contributed by atoms with van der Waals surface area (Å²) in [6.45, 7) is 0.560. The summed E-state index contributed by atoms with van der Waals surface area (Å²) in [6, 6.07) is 13.1. The number of amides is 2. The molecular weight excluding hydrogens is 292 g/mol.